The van der Waals surface area contributed by atoms with Gasteiger partial charge in [-0.1, -0.05) is 30.3 Å². The van der Waals surface area contributed by atoms with E-state index in [0.29, 0.717) is 35.8 Å². The van der Waals surface area contributed by atoms with Crippen molar-refractivity contribution in [3.05, 3.63) is 70.0 Å². The van der Waals surface area contributed by atoms with Crippen LogP contribution < -0.4 is 10.7 Å². The largest absolute Gasteiger partial charge is 0.422 e. The average molecular weight is 293 g/mol. The van der Waals surface area contributed by atoms with E-state index < -0.39 is 0 Å². The number of fused-ring (bicyclic) bond motifs is 2. The second-order valence-corrected chi connectivity index (χ2v) is 5.40. The van der Waals surface area contributed by atoms with Crippen molar-refractivity contribution >= 4 is 17.0 Å². The molecule has 0 spiro atoms. The zero-order valence-corrected chi connectivity index (χ0v) is 12.0. The molecule has 0 unspecified atom stereocenters. The van der Waals surface area contributed by atoms with Gasteiger partial charge < -0.3 is 9.73 Å². The molecule has 1 N–H and O–H groups in total. The molecule has 1 aliphatic heterocycles. The average Bonchev–Trinajstić information content (AvgIpc) is 2.57. The minimum absolute atomic E-state index is 0.00499. The number of benzene rings is 1. The third kappa shape index (κ3) is 2.25. The van der Waals surface area contributed by atoms with Crippen molar-refractivity contribution in [1.82, 2.24) is 9.88 Å². The summed E-state index contributed by atoms with van der Waals surface area (Å²) in [6.45, 7) is 2.01. The maximum absolute atomic E-state index is 12.6. The van der Waals surface area contributed by atoms with Gasteiger partial charge in [-0.15, -0.1) is 0 Å². The number of rotatable bonds is 2. The number of nitrogens with one attached hydrogen (secondary N) is 1. The van der Waals surface area contributed by atoms with Gasteiger partial charge >= 0.3 is 0 Å². The fourth-order valence-electron chi connectivity index (χ4n) is 2.77. The van der Waals surface area contributed by atoms with Crippen LogP contribution in [0.25, 0.3) is 11.1 Å². The van der Waals surface area contributed by atoms with Gasteiger partial charge in [0.05, 0.1) is 17.6 Å². The van der Waals surface area contributed by atoms with Crippen LogP contribution in [-0.4, -0.2) is 16.6 Å². The van der Waals surface area contributed by atoms with Crippen molar-refractivity contribution in [3.8, 4) is 0 Å². The highest BCUT2D eigenvalue weighted by atomic mass is 16.4. The number of pyridine rings is 1. The monoisotopic (exact) mass is 293 g/mol. The van der Waals surface area contributed by atoms with Crippen LogP contribution in [0, 0.1) is 0 Å². The normalized spacial score (nSPS) is 14.5. The summed E-state index contributed by atoms with van der Waals surface area (Å²) in [5.74, 6) is 0.542. The number of aromatic nitrogens is 1. The molecule has 3 heterocycles. The van der Waals surface area contributed by atoms with Crippen LogP contribution in [0.5, 0.6) is 0 Å². The van der Waals surface area contributed by atoms with E-state index in [9.17, 15) is 4.79 Å². The minimum Gasteiger partial charge on any atom is -0.422 e. The predicted molar refractivity (Wildman–Crippen MR) is 84.5 cm³/mol. The molecule has 0 fully saturated rings. The Bertz CT molecular complexity index is 874. The Morgan fingerprint density at radius 1 is 1.18 bits per heavy atom. The quantitative estimate of drug-likeness (QED) is 0.787. The first-order valence-electron chi connectivity index (χ1n) is 7.22. The van der Waals surface area contributed by atoms with Gasteiger partial charge in [-0.2, -0.15) is 0 Å². The summed E-state index contributed by atoms with van der Waals surface area (Å²) < 4.78 is 5.71. The molecule has 2 aromatic heterocycles. The number of hydrogen-bond acceptors (Lipinski definition) is 5. The van der Waals surface area contributed by atoms with Gasteiger partial charge in [0, 0.05) is 19.3 Å². The number of hydrogen-bond donors (Lipinski definition) is 1. The molecule has 4 rings (SSSR count). The molecule has 0 bridgehead atoms. The fraction of sp³-hybridized carbons (Fsp3) is 0.176. The Balaban J connectivity index is 1.68. The first kappa shape index (κ1) is 13.0. The van der Waals surface area contributed by atoms with Crippen molar-refractivity contribution in [3.63, 3.8) is 0 Å². The SMILES string of the molecule is O=c1c2c(oc3ncccc13)NCN(Cc1ccccc1)C2. The molecule has 1 aliphatic rings. The summed E-state index contributed by atoms with van der Waals surface area (Å²) >= 11 is 0. The van der Waals surface area contributed by atoms with E-state index in [4.69, 9.17) is 4.42 Å². The molecule has 0 radical (unpaired) electrons. The third-order valence-corrected chi connectivity index (χ3v) is 3.86. The van der Waals surface area contributed by atoms with Crippen molar-refractivity contribution in [1.29, 1.82) is 0 Å². The summed E-state index contributed by atoms with van der Waals surface area (Å²) in [7, 11) is 0. The lowest BCUT2D eigenvalue weighted by molar-refractivity contribution is 0.259. The van der Waals surface area contributed by atoms with Gasteiger partial charge in [0.2, 0.25) is 17.0 Å². The summed E-state index contributed by atoms with van der Waals surface area (Å²) in [5, 5.41) is 3.72. The van der Waals surface area contributed by atoms with E-state index in [1.165, 1.54) is 5.56 Å². The fourth-order valence-corrected chi connectivity index (χ4v) is 2.77. The van der Waals surface area contributed by atoms with E-state index in [2.05, 4.69) is 27.3 Å². The molecule has 5 heteroatoms. The second kappa shape index (κ2) is 5.27. The first-order valence-corrected chi connectivity index (χ1v) is 7.22. The molecule has 3 aromatic rings. The van der Waals surface area contributed by atoms with Crippen molar-refractivity contribution in [2.45, 2.75) is 13.1 Å². The van der Waals surface area contributed by atoms with E-state index >= 15 is 0 Å². The minimum atomic E-state index is -0.00499. The van der Waals surface area contributed by atoms with Crippen LogP contribution in [0.15, 0.2) is 57.9 Å². The molecule has 1 aromatic carbocycles. The molecular weight excluding hydrogens is 278 g/mol. The Hall–Kier alpha value is -2.66. The van der Waals surface area contributed by atoms with Crippen molar-refractivity contribution < 1.29 is 4.42 Å². The standard InChI is InChI=1S/C17H15N3O2/c21-15-13-7-4-8-18-16(13)22-17-14(15)10-20(11-19-17)9-12-5-2-1-3-6-12/h1-8,19H,9-11H2. The van der Waals surface area contributed by atoms with Crippen LogP contribution in [-0.2, 0) is 13.1 Å². The van der Waals surface area contributed by atoms with Crippen molar-refractivity contribution in [2.24, 2.45) is 0 Å². The van der Waals surface area contributed by atoms with Gasteiger partial charge in [-0.25, -0.2) is 4.98 Å². The van der Waals surface area contributed by atoms with Crippen LogP contribution >= 0.6 is 0 Å². The van der Waals surface area contributed by atoms with E-state index in [1.807, 2.05) is 18.2 Å². The molecule has 0 atom stereocenters. The lowest BCUT2D eigenvalue weighted by atomic mass is 10.1. The Kier molecular flexibility index (Phi) is 3.12. The van der Waals surface area contributed by atoms with Gasteiger partial charge in [-0.3, -0.25) is 9.69 Å². The van der Waals surface area contributed by atoms with Crippen LogP contribution in [0.1, 0.15) is 11.1 Å². The van der Waals surface area contributed by atoms with Crippen molar-refractivity contribution in [2.75, 3.05) is 12.0 Å². The highest BCUT2D eigenvalue weighted by molar-refractivity contribution is 5.75. The Morgan fingerprint density at radius 3 is 2.91 bits per heavy atom. The van der Waals surface area contributed by atoms with Gasteiger partial charge in [-0.05, 0) is 17.7 Å². The topological polar surface area (TPSA) is 58.4 Å². The molecule has 0 amide bonds. The maximum atomic E-state index is 12.6. The predicted octanol–water partition coefficient (Wildman–Crippen LogP) is 2.57. The van der Waals surface area contributed by atoms with E-state index in [-0.39, 0.29) is 5.43 Å². The van der Waals surface area contributed by atoms with Crippen LogP contribution in [0.4, 0.5) is 5.88 Å². The van der Waals surface area contributed by atoms with Gasteiger partial charge in [0.15, 0.2) is 0 Å². The molecule has 0 saturated heterocycles. The van der Waals surface area contributed by atoms with Gasteiger partial charge in [0.25, 0.3) is 0 Å². The maximum Gasteiger partial charge on any atom is 0.232 e. The lowest BCUT2D eigenvalue weighted by Crippen LogP contribution is -2.36. The zero-order valence-electron chi connectivity index (χ0n) is 12.0. The van der Waals surface area contributed by atoms with E-state index in [0.717, 1.165) is 6.54 Å². The molecule has 0 saturated carbocycles. The Morgan fingerprint density at radius 2 is 2.05 bits per heavy atom. The first-order chi connectivity index (χ1) is 10.8. The molecule has 22 heavy (non-hydrogen) atoms. The third-order valence-electron chi connectivity index (χ3n) is 3.86. The molecule has 110 valence electrons. The zero-order chi connectivity index (χ0) is 14.9. The Labute approximate surface area is 127 Å². The highest BCUT2D eigenvalue weighted by Crippen LogP contribution is 2.23. The van der Waals surface area contributed by atoms with Crippen LogP contribution in [0.3, 0.4) is 0 Å². The molecular formula is C17H15N3O2. The number of nitrogens with zero attached hydrogens (tertiary/aromatic N) is 2. The smallest absolute Gasteiger partial charge is 0.232 e. The summed E-state index contributed by atoms with van der Waals surface area (Å²) in [5.41, 5.74) is 2.27. The second-order valence-electron chi connectivity index (χ2n) is 5.40. The van der Waals surface area contributed by atoms with Gasteiger partial charge in [0.1, 0.15) is 0 Å². The molecule has 5 nitrogen and oxygen atoms in total. The molecule has 0 aliphatic carbocycles. The lowest BCUT2D eigenvalue weighted by Gasteiger charge is -2.28. The highest BCUT2D eigenvalue weighted by Gasteiger charge is 2.22. The number of anilines is 1. The summed E-state index contributed by atoms with van der Waals surface area (Å²) in [4.78, 5) is 18.9. The van der Waals surface area contributed by atoms with Crippen LogP contribution in [0.2, 0.25) is 0 Å². The van der Waals surface area contributed by atoms with E-state index in [1.54, 1.807) is 18.3 Å². The summed E-state index contributed by atoms with van der Waals surface area (Å²) in [6.07, 6.45) is 1.63. The summed E-state index contributed by atoms with van der Waals surface area (Å²) in [6, 6.07) is 13.7.